The Bertz CT molecular complexity index is 1370. The number of benzene rings is 2. The predicted octanol–water partition coefficient (Wildman–Crippen LogP) is 4.30. The lowest BCUT2D eigenvalue weighted by molar-refractivity contribution is -0.192. The largest absolute Gasteiger partial charge is 0.491 e. The predicted molar refractivity (Wildman–Crippen MR) is 125 cm³/mol. The minimum atomic E-state index is -5.08. The lowest BCUT2D eigenvalue weighted by atomic mass is 10.1. The van der Waals surface area contributed by atoms with Crippen LogP contribution in [0.3, 0.4) is 0 Å². The van der Waals surface area contributed by atoms with Crippen LogP contribution in [0.4, 0.5) is 17.6 Å². The molecule has 0 unspecified atom stereocenters. The van der Waals surface area contributed by atoms with Crippen LogP contribution in [0, 0.1) is 5.82 Å². The maximum atomic E-state index is 13.9. The van der Waals surface area contributed by atoms with Gasteiger partial charge in [-0.1, -0.05) is 30.3 Å². The van der Waals surface area contributed by atoms with Gasteiger partial charge in [0, 0.05) is 17.8 Å². The number of carbonyl (C=O) groups is 2. The number of fused-ring (bicyclic) bond motifs is 1. The first-order chi connectivity index (χ1) is 18.0. The topological polar surface area (TPSA) is 138 Å². The summed E-state index contributed by atoms with van der Waals surface area (Å²) in [5, 5.41) is 7.43. The van der Waals surface area contributed by atoms with E-state index in [4.69, 9.17) is 29.5 Å². The van der Waals surface area contributed by atoms with E-state index >= 15 is 0 Å². The molecule has 2 heterocycles. The van der Waals surface area contributed by atoms with Gasteiger partial charge in [-0.25, -0.2) is 19.0 Å². The Labute approximate surface area is 212 Å². The van der Waals surface area contributed by atoms with E-state index in [0.717, 1.165) is 11.8 Å². The second kappa shape index (κ2) is 12.6. The molecular formula is C25H21F4N3O6. The van der Waals surface area contributed by atoms with Crippen molar-refractivity contribution in [3.8, 4) is 5.75 Å². The molecule has 0 saturated carbocycles. The monoisotopic (exact) mass is 535 g/mol. The number of carboxylic acid groups (broad SMARTS) is 1. The molecule has 1 atom stereocenters. The fraction of sp³-hybridized carbons (Fsp3) is 0.200. The van der Waals surface area contributed by atoms with E-state index in [0.29, 0.717) is 23.0 Å². The highest BCUT2D eigenvalue weighted by molar-refractivity contribution is 6.06. The Kier molecular flexibility index (Phi) is 9.33. The third-order valence-corrected chi connectivity index (χ3v) is 4.86. The molecule has 2 aromatic carbocycles. The number of oxazole rings is 1. The number of aliphatic carboxylic acids is 1. The van der Waals surface area contributed by atoms with Gasteiger partial charge < -0.3 is 24.7 Å². The fourth-order valence-corrected chi connectivity index (χ4v) is 3.14. The zero-order valence-corrected chi connectivity index (χ0v) is 19.5. The summed E-state index contributed by atoms with van der Waals surface area (Å²) in [5.41, 5.74) is 8.20. The maximum absolute atomic E-state index is 13.9. The van der Waals surface area contributed by atoms with E-state index in [2.05, 4.69) is 9.97 Å². The summed E-state index contributed by atoms with van der Waals surface area (Å²) in [7, 11) is 0. The third kappa shape index (κ3) is 8.00. The molecule has 0 fully saturated rings. The maximum Gasteiger partial charge on any atom is 0.490 e. The quantitative estimate of drug-likeness (QED) is 0.250. The van der Waals surface area contributed by atoms with Crippen molar-refractivity contribution < 1.29 is 46.1 Å². The van der Waals surface area contributed by atoms with Crippen LogP contribution in [-0.2, 0) is 22.6 Å². The average molecular weight is 535 g/mol. The molecule has 38 heavy (non-hydrogen) atoms. The van der Waals surface area contributed by atoms with Gasteiger partial charge in [0.25, 0.3) is 0 Å². The van der Waals surface area contributed by atoms with Gasteiger partial charge in [-0.15, -0.1) is 0 Å². The van der Waals surface area contributed by atoms with E-state index in [-0.39, 0.29) is 30.6 Å². The number of nitrogens with two attached hydrogens (primary N) is 1. The number of carboxylic acids is 1. The van der Waals surface area contributed by atoms with Crippen molar-refractivity contribution in [3.05, 3.63) is 90.0 Å². The molecule has 2 aromatic heterocycles. The van der Waals surface area contributed by atoms with Gasteiger partial charge in [0.1, 0.15) is 36.6 Å². The number of esters is 1. The lowest BCUT2D eigenvalue weighted by Gasteiger charge is -2.16. The lowest BCUT2D eigenvalue weighted by Crippen LogP contribution is -2.30. The van der Waals surface area contributed by atoms with Crippen LogP contribution in [0.1, 0.15) is 21.6 Å². The summed E-state index contributed by atoms with van der Waals surface area (Å²) in [6.07, 6.45) is -0.713. The molecule has 0 aliphatic heterocycles. The van der Waals surface area contributed by atoms with Crippen LogP contribution in [0.25, 0.3) is 10.9 Å². The molecule has 0 spiro atoms. The van der Waals surface area contributed by atoms with E-state index in [1.54, 1.807) is 12.1 Å². The minimum absolute atomic E-state index is 0.0733. The van der Waals surface area contributed by atoms with E-state index in [1.807, 2.05) is 30.3 Å². The number of pyridine rings is 1. The normalized spacial score (nSPS) is 11.8. The van der Waals surface area contributed by atoms with Crippen molar-refractivity contribution in [2.45, 2.75) is 25.2 Å². The molecule has 9 nitrogen and oxygen atoms in total. The number of aromatic nitrogens is 2. The first-order valence-corrected chi connectivity index (χ1v) is 10.9. The van der Waals surface area contributed by atoms with Crippen LogP contribution in [0.5, 0.6) is 5.75 Å². The van der Waals surface area contributed by atoms with Crippen LogP contribution in [0.15, 0.2) is 71.8 Å². The fourth-order valence-electron chi connectivity index (χ4n) is 3.14. The Morgan fingerprint density at radius 1 is 1.11 bits per heavy atom. The zero-order valence-electron chi connectivity index (χ0n) is 19.5. The molecular weight excluding hydrogens is 514 g/mol. The highest BCUT2D eigenvalue weighted by Gasteiger charge is 2.38. The Balaban J connectivity index is 0.000000505. The number of hydrogen-bond donors (Lipinski definition) is 2. The van der Waals surface area contributed by atoms with Crippen molar-refractivity contribution in [2.75, 3.05) is 6.61 Å². The van der Waals surface area contributed by atoms with Gasteiger partial charge >= 0.3 is 18.1 Å². The van der Waals surface area contributed by atoms with Gasteiger partial charge in [0.2, 0.25) is 0 Å². The molecule has 0 amide bonds. The van der Waals surface area contributed by atoms with Crippen molar-refractivity contribution in [2.24, 2.45) is 5.73 Å². The zero-order chi connectivity index (χ0) is 27.7. The molecule has 0 aliphatic carbocycles. The van der Waals surface area contributed by atoms with Gasteiger partial charge in [0.15, 0.2) is 6.39 Å². The van der Waals surface area contributed by atoms with Crippen LogP contribution in [0.2, 0.25) is 0 Å². The summed E-state index contributed by atoms with van der Waals surface area (Å²) in [5.74, 6) is -3.72. The first-order valence-electron chi connectivity index (χ1n) is 10.9. The van der Waals surface area contributed by atoms with Gasteiger partial charge in [0.05, 0.1) is 17.4 Å². The highest BCUT2D eigenvalue weighted by Crippen LogP contribution is 2.29. The Morgan fingerprint density at radius 3 is 2.45 bits per heavy atom. The van der Waals surface area contributed by atoms with Gasteiger partial charge in [-0.05, 0) is 23.8 Å². The van der Waals surface area contributed by atoms with E-state index < -0.39 is 23.9 Å². The second-order valence-corrected chi connectivity index (χ2v) is 7.78. The Hall–Kier alpha value is -4.52. The third-order valence-electron chi connectivity index (χ3n) is 4.86. The molecule has 4 rings (SSSR count). The van der Waals surface area contributed by atoms with Gasteiger partial charge in [-0.2, -0.15) is 13.2 Å². The SMILES string of the molecule is N[C@@H](COc1ccc2ncc(F)cc2c1C(=O)OCc1ccccc1)Cc1cocn1.O=C(O)C(F)(F)F. The summed E-state index contributed by atoms with van der Waals surface area (Å²) >= 11 is 0. The smallest absolute Gasteiger partial charge is 0.490 e. The molecule has 0 bridgehead atoms. The van der Waals surface area contributed by atoms with Crippen molar-refractivity contribution in [3.63, 3.8) is 0 Å². The molecule has 0 aliphatic rings. The number of alkyl halides is 3. The summed E-state index contributed by atoms with van der Waals surface area (Å²) in [6, 6.07) is 13.4. The minimum Gasteiger partial charge on any atom is -0.491 e. The van der Waals surface area contributed by atoms with E-state index in [1.165, 1.54) is 18.7 Å². The summed E-state index contributed by atoms with van der Waals surface area (Å²) in [4.78, 5) is 29.9. The van der Waals surface area contributed by atoms with Crippen LogP contribution < -0.4 is 10.5 Å². The summed E-state index contributed by atoms with van der Waals surface area (Å²) < 4.78 is 61.9. The molecule has 200 valence electrons. The van der Waals surface area contributed by atoms with Crippen molar-refractivity contribution in [1.82, 2.24) is 9.97 Å². The first kappa shape index (κ1) is 28.1. The standard InChI is InChI=1S/C23H20FN3O4.C2HF3O2/c24-16-8-19-20(26-10-16)6-7-21(30-12-17(25)9-18-13-29-14-27-18)22(19)23(28)31-11-15-4-2-1-3-5-15;3-2(4,5)1(6)7/h1-8,10,13-14,17H,9,11-12,25H2;(H,6,7)/t17-;/m1./s1. The van der Waals surface area contributed by atoms with Crippen molar-refractivity contribution in [1.29, 1.82) is 0 Å². The summed E-state index contributed by atoms with van der Waals surface area (Å²) in [6.45, 7) is 0.185. The highest BCUT2D eigenvalue weighted by atomic mass is 19.4. The Morgan fingerprint density at radius 2 is 1.82 bits per heavy atom. The van der Waals surface area contributed by atoms with Gasteiger partial charge in [-0.3, -0.25) is 4.98 Å². The second-order valence-electron chi connectivity index (χ2n) is 7.78. The number of ether oxygens (including phenoxy) is 2. The molecule has 0 radical (unpaired) electrons. The molecule has 0 saturated heterocycles. The number of rotatable bonds is 8. The number of carbonyl (C=O) groups excluding carboxylic acids is 1. The average Bonchev–Trinajstić information content (AvgIpc) is 3.39. The molecule has 3 N–H and O–H groups in total. The molecule has 4 aromatic rings. The van der Waals surface area contributed by atoms with Crippen LogP contribution in [-0.4, -0.2) is 45.8 Å². The molecule has 13 heteroatoms. The van der Waals surface area contributed by atoms with Crippen molar-refractivity contribution >= 4 is 22.8 Å². The number of hydrogen-bond acceptors (Lipinski definition) is 8. The number of halogens is 4. The van der Waals surface area contributed by atoms with E-state index in [9.17, 15) is 22.4 Å². The van der Waals surface area contributed by atoms with Crippen LogP contribution >= 0.6 is 0 Å². The number of nitrogens with zero attached hydrogens (tertiary/aromatic N) is 2.